The highest BCUT2D eigenvalue weighted by Crippen LogP contribution is 2.26. The molecule has 2 heterocycles. The molecular formula is C29H23N3O5. The van der Waals surface area contributed by atoms with Crippen LogP contribution in [0, 0.1) is 0 Å². The highest BCUT2D eigenvalue weighted by molar-refractivity contribution is 5.87. The molecule has 0 bridgehead atoms. The molecule has 0 spiro atoms. The second-order valence-corrected chi connectivity index (χ2v) is 8.11. The number of hydrogen-bond acceptors (Lipinski definition) is 7. The van der Waals surface area contributed by atoms with E-state index < -0.39 is 5.97 Å². The summed E-state index contributed by atoms with van der Waals surface area (Å²) in [6.07, 6.45) is 4.82. The van der Waals surface area contributed by atoms with Crippen LogP contribution in [-0.4, -0.2) is 21.0 Å². The predicted molar refractivity (Wildman–Crippen MR) is 137 cm³/mol. The minimum absolute atomic E-state index is 0.201. The summed E-state index contributed by atoms with van der Waals surface area (Å²) in [6, 6.07) is 25.4. The van der Waals surface area contributed by atoms with E-state index >= 15 is 0 Å². The highest BCUT2D eigenvalue weighted by atomic mass is 16.5. The van der Waals surface area contributed by atoms with Gasteiger partial charge >= 0.3 is 5.97 Å². The number of ether oxygens (including phenoxy) is 2. The monoisotopic (exact) mass is 493 g/mol. The zero-order valence-corrected chi connectivity index (χ0v) is 19.7. The van der Waals surface area contributed by atoms with Crippen LogP contribution >= 0.6 is 0 Å². The Kier molecular flexibility index (Phi) is 7.19. The summed E-state index contributed by atoms with van der Waals surface area (Å²) in [7, 11) is 0. The summed E-state index contributed by atoms with van der Waals surface area (Å²) in [6.45, 7) is 1.19. The van der Waals surface area contributed by atoms with Gasteiger partial charge in [0.2, 0.25) is 11.8 Å². The van der Waals surface area contributed by atoms with Crippen LogP contribution in [0.15, 0.2) is 108 Å². The van der Waals surface area contributed by atoms with Gasteiger partial charge in [-0.2, -0.15) is 0 Å². The number of rotatable bonds is 10. The van der Waals surface area contributed by atoms with Crippen molar-refractivity contribution in [2.75, 3.05) is 0 Å². The minimum atomic E-state index is -0.980. The molecule has 0 atom stereocenters. The van der Waals surface area contributed by atoms with Crippen molar-refractivity contribution < 1.29 is 23.8 Å². The number of carboxylic acid groups (broad SMARTS) is 1. The number of benzene rings is 3. The largest absolute Gasteiger partial charge is 0.478 e. The maximum atomic E-state index is 11.0. The Balaban J connectivity index is 1.14. The highest BCUT2D eigenvalue weighted by Gasteiger charge is 2.08. The maximum Gasteiger partial charge on any atom is 0.335 e. The van der Waals surface area contributed by atoms with E-state index in [9.17, 15) is 4.79 Å². The summed E-state index contributed by atoms with van der Waals surface area (Å²) in [5.74, 6) is 2.05. The van der Waals surface area contributed by atoms with Crippen LogP contribution in [0.25, 0.3) is 11.5 Å². The lowest BCUT2D eigenvalue weighted by Gasteiger charge is -2.11. The third kappa shape index (κ3) is 6.19. The van der Waals surface area contributed by atoms with Crippen molar-refractivity contribution >= 4 is 5.97 Å². The molecule has 2 N–H and O–H groups in total. The molecule has 2 aromatic heterocycles. The van der Waals surface area contributed by atoms with E-state index in [-0.39, 0.29) is 5.56 Å². The number of aromatic nitrogens is 2. The van der Waals surface area contributed by atoms with Crippen LogP contribution < -0.4 is 14.8 Å². The molecule has 5 aromatic rings. The smallest absolute Gasteiger partial charge is 0.335 e. The minimum Gasteiger partial charge on any atom is -0.478 e. The van der Waals surface area contributed by atoms with Crippen LogP contribution in [-0.2, 0) is 13.1 Å². The van der Waals surface area contributed by atoms with E-state index in [1.165, 1.54) is 12.1 Å². The zero-order valence-electron chi connectivity index (χ0n) is 19.7. The Morgan fingerprint density at radius 2 is 1.46 bits per heavy atom. The molecule has 184 valence electrons. The Labute approximate surface area is 213 Å². The van der Waals surface area contributed by atoms with E-state index in [0.29, 0.717) is 30.6 Å². The Hall–Kier alpha value is -4.95. The van der Waals surface area contributed by atoms with Gasteiger partial charge in [-0.3, -0.25) is 0 Å². The first kappa shape index (κ1) is 23.8. The van der Waals surface area contributed by atoms with Gasteiger partial charge in [0.05, 0.1) is 11.8 Å². The lowest BCUT2D eigenvalue weighted by Crippen LogP contribution is -2.13. The first-order valence-electron chi connectivity index (χ1n) is 11.6. The number of aromatic carboxylic acids is 1. The second kappa shape index (κ2) is 11.2. The number of carboxylic acids is 1. The molecule has 37 heavy (non-hydrogen) atoms. The van der Waals surface area contributed by atoms with E-state index in [4.69, 9.17) is 19.0 Å². The van der Waals surface area contributed by atoms with E-state index in [0.717, 1.165) is 28.2 Å². The van der Waals surface area contributed by atoms with Gasteiger partial charge in [-0.15, -0.1) is 0 Å². The van der Waals surface area contributed by atoms with Crippen LogP contribution in [0.2, 0.25) is 0 Å². The topological polar surface area (TPSA) is 107 Å². The molecule has 8 heteroatoms. The molecule has 0 fully saturated rings. The standard InChI is InChI=1S/C29H23N3O5/c33-29(34)22-7-13-26(14-8-22)37-28-23(2-1-15-31-28)19-30-18-20-3-9-24(10-4-20)36-25-11-5-21(6-12-25)27-32-16-17-35-27/h1-17,30H,18-19H2,(H,33,34). The molecule has 0 saturated heterocycles. The number of nitrogens with one attached hydrogen (secondary N) is 1. The van der Waals surface area contributed by atoms with Gasteiger partial charge in [-0.05, 0) is 72.3 Å². The maximum absolute atomic E-state index is 11.0. The van der Waals surface area contributed by atoms with Gasteiger partial charge in [-0.25, -0.2) is 14.8 Å². The molecule has 0 unspecified atom stereocenters. The number of oxazole rings is 1. The molecule has 8 nitrogen and oxygen atoms in total. The van der Waals surface area contributed by atoms with Gasteiger partial charge in [0, 0.05) is 30.4 Å². The fourth-order valence-corrected chi connectivity index (χ4v) is 3.61. The number of pyridine rings is 1. The Morgan fingerprint density at radius 3 is 2.14 bits per heavy atom. The normalized spacial score (nSPS) is 10.7. The Morgan fingerprint density at radius 1 is 0.784 bits per heavy atom. The molecule has 0 aliphatic rings. The molecule has 3 aromatic carbocycles. The molecule has 0 aliphatic heterocycles. The van der Waals surface area contributed by atoms with Gasteiger partial charge < -0.3 is 24.3 Å². The third-order valence-electron chi connectivity index (χ3n) is 5.50. The van der Waals surface area contributed by atoms with E-state index in [1.54, 1.807) is 30.8 Å². The zero-order chi connectivity index (χ0) is 25.5. The average molecular weight is 494 g/mol. The van der Waals surface area contributed by atoms with Gasteiger partial charge in [0.15, 0.2) is 0 Å². The van der Waals surface area contributed by atoms with Crippen LogP contribution in [0.1, 0.15) is 21.5 Å². The van der Waals surface area contributed by atoms with Crippen molar-refractivity contribution in [2.24, 2.45) is 0 Å². The van der Waals surface area contributed by atoms with Crippen molar-refractivity contribution in [3.05, 3.63) is 120 Å². The quantitative estimate of drug-likeness (QED) is 0.233. The first-order chi connectivity index (χ1) is 18.1. The molecule has 0 amide bonds. The first-order valence-corrected chi connectivity index (χ1v) is 11.6. The van der Waals surface area contributed by atoms with Crippen molar-refractivity contribution in [3.63, 3.8) is 0 Å². The number of carbonyl (C=O) groups is 1. The lowest BCUT2D eigenvalue weighted by molar-refractivity contribution is 0.0697. The average Bonchev–Trinajstić information content (AvgIpc) is 3.47. The van der Waals surface area contributed by atoms with E-state index in [1.807, 2.05) is 60.7 Å². The third-order valence-corrected chi connectivity index (χ3v) is 5.50. The summed E-state index contributed by atoms with van der Waals surface area (Å²) in [5.41, 5.74) is 3.07. The molecule has 0 aliphatic carbocycles. The SMILES string of the molecule is O=C(O)c1ccc(Oc2ncccc2CNCc2ccc(Oc3ccc(-c4ncco4)cc3)cc2)cc1. The van der Waals surface area contributed by atoms with E-state index in [2.05, 4.69) is 15.3 Å². The summed E-state index contributed by atoms with van der Waals surface area (Å²) in [5, 5.41) is 12.5. The lowest BCUT2D eigenvalue weighted by atomic mass is 10.2. The summed E-state index contributed by atoms with van der Waals surface area (Å²) >= 11 is 0. The van der Waals surface area contributed by atoms with Crippen molar-refractivity contribution in [2.45, 2.75) is 13.1 Å². The second-order valence-electron chi connectivity index (χ2n) is 8.11. The van der Waals surface area contributed by atoms with Gasteiger partial charge in [0.25, 0.3) is 0 Å². The van der Waals surface area contributed by atoms with Crippen LogP contribution in [0.4, 0.5) is 0 Å². The fraction of sp³-hybridized carbons (Fsp3) is 0.0690. The molecule has 0 radical (unpaired) electrons. The number of hydrogen-bond donors (Lipinski definition) is 2. The summed E-state index contributed by atoms with van der Waals surface area (Å²) < 4.78 is 17.1. The molecule has 0 saturated carbocycles. The van der Waals surface area contributed by atoms with Gasteiger partial charge in [0.1, 0.15) is 23.5 Å². The van der Waals surface area contributed by atoms with Crippen molar-refractivity contribution in [1.29, 1.82) is 0 Å². The van der Waals surface area contributed by atoms with Crippen molar-refractivity contribution in [3.8, 4) is 34.6 Å². The van der Waals surface area contributed by atoms with Crippen LogP contribution in [0.5, 0.6) is 23.1 Å². The summed E-state index contributed by atoms with van der Waals surface area (Å²) in [4.78, 5) is 19.5. The molecular weight excluding hydrogens is 470 g/mol. The molecule has 5 rings (SSSR count). The van der Waals surface area contributed by atoms with Crippen molar-refractivity contribution in [1.82, 2.24) is 15.3 Å². The predicted octanol–water partition coefficient (Wildman–Crippen LogP) is 6.31. The number of nitrogens with zero attached hydrogens (tertiary/aromatic N) is 2. The fourth-order valence-electron chi connectivity index (χ4n) is 3.61. The van der Waals surface area contributed by atoms with Gasteiger partial charge in [-0.1, -0.05) is 18.2 Å². The van der Waals surface area contributed by atoms with Crippen LogP contribution in [0.3, 0.4) is 0 Å². The Bertz CT molecular complexity index is 1450.